The number of hydrogen-bond donors (Lipinski definition) is 1. The van der Waals surface area contributed by atoms with Crippen LogP contribution in [0.25, 0.3) is 0 Å². The first-order valence-electron chi connectivity index (χ1n) is 4.74. The summed E-state index contributed by atoms with van der Waals surface area (Å²) in [5.74, 6) is 2.00. The number of nitrogen functional groups attached to an aromatic ring is 1. The molecule has 1 saturated carbocycles. The highest BCUT2D eigenvalue weighted by molar-refractivity contribution is 9.10. The number of aromatic nitrogens is 1. The van der Waals surface area contributed by atoms with Crippen molar-refractivity contribution in [2.24, 2.45) is 5.92 Å². The first-order chi connectivity index (χ1) is 6.66. The van der Waals surface area contributed by atoms with Crippen LogP contribution in [0.3, 0.4) is 0 Å². The summed E-state index contributed by atoms with van der Waals surface area (Å²) in [6.45, 7) is 2.10. The van der Waals surface area contributed by atoms with Gasteiger partial charge >= 0.3 is 0 Å². The molecule has 0 amide bonds. The molecule has 2 rings (SSSR count). The van der Waals surface area contributed by atoms with Gasteiger partial charge in [0.25, 0.3) is 0 Å². The van der Waals surface area contributed by atoms with E-state index in [0.29, 0.717) is 5.82 Å². The van der Waals surface area contributed by atoms with Crippen molar-refractivity contribution in [2.45, 2.75) is 25.9 Å². The summed E-state index contributed by atoms with van der Waals surface area (Å²) in [7, 11) is 0. The Morgan fingerprint density at radius 2 is 2.36 bits per heavy atom. The molecule has 2 N–H and O–H groups in total. The zero-order chi connectivity index (χ0) is 10.1. The molecule has 0 spiro atoms. The van der Waals surface area contributed by atoms with Crippen molar-refractivity contribution in [3.8, 4) is 5.75 Å². The maximum Gasteiger partial charge on any atom is 0.139 e. The Morgan fingerprint density at radius 3 is 3.00 bits per heavy atom. The van der Waals surface area contributed by atoms with Crippen molar-refractivity contribution in [3.05, 3.63) is 16.7 Å². The van der Waals surface area contributed by atoms with Gasteiger partial charge in [0.1, 0.15) is 11.6 Å². The van der Waals surface area contributed by atoms with Gasteiger partial charge in [0.15, 0.2) is 0 Å². The zero-order valence-electron chi connectivity index (χ0n) is 8.03. The summed E-state index contributed by atoms with van der Waals surface area (Å²) in [6, 6.07) is 1.75. The van der Waals surface area contributed by atoms with Crippen LogP contribution in [0.1, 0.15) is 19.8 Å². The van der Waals surface area contributed by atoms with Crippen LogP contribution in [0, 0.1) is 5.92 Å². The smallest absolute Gasteiger partial charge is 0.139 e. The van der Waals surface area contributed by atoms with Crippen molar-refractivity contribution >= 4 is 21.7 Å². The lowest BCUT2D eigenvalue weighted by Crippen LogP contribution is -2.14. The molecule has 0 aliphatic heterocycles. The Morgan fingerprint density at radius 1 is 1.64 bits per heavy atom. The van der Waals surface area contributed by atoms with Gasteiger partial charge in [0.2, 0.25) is 0 Å². The van der Waals surface area contributed by atoms with Crippen LogP contribution in [0.2, 0.25) is 0 Å². The van der Waals surface area contributed by atoms with E-state index >= 15 is 0 Å². The predicted octanol–water partition coefficient (Wildman–Crippen LogP) is 2.60. The topological polar surface area (TPSA) is 48.1 Å². The summed E-state index contributed by atoms with van der Waals surface area (Å²) >= 11 is 3.39. The molecular weight excluding hydrogens is 244 g/mol. The monoisotopic (exact) mass is 256 g/mol. The summed E-state index contributed by atoms with van der Waals surface area (Å²) in [5, 5.41) is 0. The van der Waals surface area contributed by atoms with Crippen molar-refractivity contribution in [1.82, 2.24) is 4.98 Å². The largest absolute Gasteiger partial charge is 0.489 e. The fraction of sp³-hybridized carbons (Fsp3) is 0.500. The van der Waals surface area contributed by atoms with Crippen LogP contribution in [0.15, 0.2) is 16.7 Å². The van der Waals surface area contributed by atoms with Crippen LogP contribution in [-0.2, 0) is 0 Å². The molecule has 76 valence electrons. The van der Waals surface area contributed by atoms with Gasteiger partial charge in [-0.05, 0) is 41.6 Å². The number of rotatable bonds is 3. The summed E-state index contributed by atoms with van der Waals surface area (Å²) < 4.78 is 6.64. The average molecular weight is 257 g/mol. The van der Waals surface area contributed by atoms with Crippen LogP contribution < -0.4 is 10.5 Å². The molecule has 0 radical (unpaired) electrons. The number of ether oxygens (including phenoxy) is 1. The third-order valence-corrected chi connectivity index (χ3v) is 3.04. The lowest BCUT2D eigenvalue weighted by atomic mass is 10.2. The van der Waals surface area contributed by atoms with E-state index in [1.54, 1.807) is 12.3 Å². The van der Waals surface area contributed by atoms with E-state index in [-0.39, 0.29) is 6.10 Å². The molecule has 1 fully saturated rings. The van der Waals surface area contributed by atoms with E-state index in [9.17, 15) is 0 Å². The first-order valence-corrected chi connectivity index (χ1v) is 5.54. The molecule has 4 heteroatoms. The minimum absolute atomic E-state index is 0.271. The van der Waals surface area contributed by atoms with E-state index in [1.165, 1.54) is 12.8 Å². The molecule has 1 atom stereocenters. The molecule has 0 saturated heterocycles. The normalized spacial score (nSPS) is 17.9. The van der Waals surface area contributed by atoms with E-state index < -0.39 is 0 Å². The van der Waals surface area contributed by atoms with Gasteiger partial charge in [-0.1, -0.05) is 0 Å². The van der Waals surface area contributed by atoms with Crippen molar-refractivity contribution in [1.29, 1.82) is 0 Å². The van der Waals surface area contributed by atoms with Gasteiger partial charge in [-0.2, -0.15) is 0 Å². The quantitative estimate of drug-likeness (QED) is 0.905. The fourth-order valence-electron chi connectivity index (χ4n) is 1.39. The summed E-state index contributed by atoms with van der Waals surface area (Å²) in [6.07, 6.45) is 4.50. The van der Waals surface area contributed by atoms with E-state index in [2.05, 4.69) is 27.8 Å². The molecule has 1 aromatic rings. The van der Waals surface area contributed by atoms with Gasteiger partial charge in [-0.25, -0.2) is 4.98 Å². The van der Waals surface area contributed by atoms with Gasteiger partial charge in [-0.3, -0.25) is 0 Å². The zero-order valence-corrected chi connectivity index (χ0v) is 9.62. The molecule has 1 aliphatic carbocycles. The SMILES string of the molecule is CC(Oc1cc(N)ncc1Br)C1CC1. The van der Waals surface area contributed by atoms with Gasteiger partial charge in [0.05, 0.1) is 10.6 Å². The molecule has 0 bridgehead atoms. The molecule has 1 aromatic heterocycles. The molecule has 1 heterocycles. The van der Waals surface area contributed by atoms with Crippen molar-refractivity contribution < 1.29 is 4.74 Å². The molecule has 0 aromatic carbocycles. The van der Waals surface area contributed by atoms with E-state index in [4.69, 9.17) is 10.5 Å². The van der Waals surface area contributed by atoms with Crippen molar-refractivity contribution in [3.63, 3.8) is 0 Å². The standard InChI is InChI=1S/C10H13BrN2O/c1-6(7-2-3-7)14-9-4-10(12)13-5-8(9)11/h4-7H,2-3H2,1H3,(H2,12,13). The van der Waals surface area contributed by atoms with E-state index in [1.807, 2.05) is 0 Å². The number of pyridine rings is 1. The maximum absolute atomic E-state index is 5.78. The van der Waals surface area contributed by atoms with Gasteiger partial charge in [0, 0.05) is 12.3 Å². The van der Waals surface area contributed by atoms with Crippen LogP contribution in [-0.4, -0.2) is 11.1 Å². The molecule has 3 nitrogen and oxygen atoms in total. The summed E-state index contributed by atoms with van der Waals surface area (Å²) in [4.78, 5) is 3.96. The number of hydrogen-bond acceptors (Lipinski definition) is 3. The van der Waals surface area contributed by atoms with Gasteiger partial charge < -0.3 is 10.5 Å². The number of halogens is 1. The minimum atomic E-state index is 0.271. The van der Waals surface area contributed by atoms with Crippen LogP contribution in [0.5, 0.6) is 5.75 Å². The average Bonchev–Trinajstić information content (AvgIpc) is 2.94. The highest BCUT2D eigenvalue weighted by Crippen LogP contribution is 2.36. The highest BCUT2D eigenvalue weighted by atomic mass is 79.9. The predicted molar refractivity (Wildman–Crippen MR) is 59.2 cm³/mol. The Balaban J connectivity index is 2.10. The molecule has 1 unspecified atom stereocenters. The van der Waals surface area contributed by atoms with Crippen LogP contribution in [0.4, 0.5) is 5.82 Å². The Kier molecular flexibility index (Phi) is 2.63. The molecule has 1 aliphatic rings. The third kappa shape index (κ3) is 2.18. The Labute approximate surface area is 91.8 Å². The van der Waals surface area contributed by atoms with Gasteiger partial charge in [-0.15, -0.1) is 0 Å². The second-order valence-electron chi connectivity index (χ2n) is 3.70. The van der Waals surface area contributed by atoms with Crippen LogP contribution >= 0.6 is 15.9 Å². The Bertz CT molecular complexity index is 339. The number of nitrogens with zero attached hydrogens (tertiary/aromatic N) is 1. The maximum atomic E-state index is 5.78. The molecule has 14 heavy (non-hydrogen) atoms. The lowest BCUT2D eigenvalue weighted by molar-refractivity contribution is 0.196. The minimum Gasteiger partial charge on any atom is -0.489 e. The third-order valence-electron chi connectivity index (χ3n) is 2.44. The fourth-order valence-corrected chi connectivity index (χ4v) is 1.70. The lowest BCUT2D eigenvalue weighted by Gasteiger charge is -2.14. The Hall–Kier alpha value is -0.770. The van der Waals surface area contributed by atoms with E-state index in [0.717, 1.165) is 16.1 Å². The first kappa shape index (κ1) is 9.77. The van der Waals surface area contributed by atoms with Crippen molar-refractivity contribution in [2.75, 3.05) is 5.73 Å². The second kappa shape index (κ2) is 3.77. The summed E-state index contributed by atoms with van der Waals surface area (Å²) in [5.41, 5.74) is 5.58. The highest BCUT2D eigenvalue weighted by Gasteiger charge is 2.29. The second-order valence-corrected chi connectivity index (χ2v) is 4.55. The molecular formula is C10H13BrN2O. The number of anilines is 1. The number of nitrogens with two attached hydrogens (primary N) is 1.